The summed E-state index contributed by atoms with van der Waals surface area (Å²) in [5.41, 5.74) is 2.53. The highest BCUT2D eigenvalue weighted by molar-refractivity contribution is 5.24. The Bertz CT molecular complexity index is 276. The molecule has 0 aromatic carbocycles. The second-order valence-electron chi connectivity index (χ2n) is 3.35. The number of pyridine rings is 1. The Hall–Kier alpha value is -0.930. The molecule has 1 aromatic rings. The number of rotatable bonds is 5. The standard InChI is InChI=1S/C11H18N2O/c1-9-4-6-13-8-10(9)11(12-2)5-7-14-3/h4,6,8,11-12H,5,7H2,1-3H3. The maximum atomic E-state index is 5.08. The fourth-order valence-corrected chi connectivity index (χ4v) is 1.53. The SMILES string of the molecule is CNC(CCOC)c1cnccc1C. The van der Waals surface area contributed by atoms with Crippen molar-refractivity contribution in [2.24, 2.45) is 0 Å². The van der Waals surface area contributed by atoms with Crippen LogP contribution in [-0.4, -0.2) is 25.7 Å². The van der Waals surface area contributed by atoms with Gasteiger partial charge in [-0.05, 0) is 37.6 Å². The van der Waals surface area contributed by atoms with Crippen molar-refractivity contribution >= 4 is 0 Å². The van der Waals surface area contributed by atoms with Gasteiger partial charge in [-0.1, -0.05) is 0 Å². The van der Waals surface area contributed by atoms with Crippen LogP contribution >= 0.6 is 0 Å². The largest absolute Gasteiger partial charge is 0.385 e. The lowest BCUT2D eigenvalue weighted by atomic mass is 10.0. The molecular formula is C11H18N2O. The third-order valence-electron chi connectivity index (χ3n) is 2.41. The van der Waals surface area contributed by atoms with E-state index in [1.165, 1.54) is 11.1 Å². The van der Waals surface area contributed by atoms with E-state index in [-0.39, 0.29) is 0 Å². The van der Waals surface area contributed by atoms with E-state index in [9.17, 15) is 0 Å². The smallest absolute Gasteiger partial charge is 0.0480 e. The second-order valence-corrected chi connectivity index (χ2v) is 3.35. The Kier molecular flexibility index (Phi) is 4.56. The van der Waals surface area contributed by atoms with E-state index in [0.717, 1.165) is 13.0 Å². The Balaban J connectivity index is 2.73. The first-order valence-corrected chi connectivity index (χ1v) is 4.86. The lowest BCUT2D eigenvalue weighted by Gasteiger charge is -2.17. The van der Waals surface area contributed by atoms with Crippen molar-refractivity contribution in [3.05, 3.63) is 29.6 Å². The van der Waals surface area contributed by atoms with Crippen LogP contribution in [0.1, 0.15) is 23.6 Å². The maximum Gasteiger partial charge on any atom is 0.0480 e. The summed E-state index contributed by atoms with van der Waals surface area (Å²) in [6.45, 7) is 2.87. The lowest BCUT2D eigenvalue weighted by Crippen LogP contribution is -2.19. The molecule has 0 fully saturated rings. The highest BCUT2D eigenvalue weighted by Gasteiger charge is 2.10. The van der Waals surface area contributed by atoms with Crippen molar-refractivity contribution in [2.45, 2.75) is 19.4 Å². The van der Waals surface area contributed by atoms with Crippen LogP contribution in [0.2, 0.25) is 0 Å². The Morgan fingerprint density at radius 1 is 1.57 bits per heavy atom. The van der Waals surface area contributed by atoms with Crippen LogP contribution in [0.15, 0.2) is 18.5 Å². The zero-order valence-electron chi connectivity index (χ0n) is 9.08. The van der Waals surface area contributed by atoms with E-state index in [4.69, 9.17) is 4.74 Å². The van der Waals surface area contributed by atoms with Gasteiger partial charge < -0.3 is 10.1 Å². The highest BCUT2D eigenvalue weighted by Crippen LogP contribution is 2.18. The van der Waals surface area contributed by atoms with Gasteiger partial charge in [-0.2, -0.15) is 0 Å². The monoisotopic (exact) mass is 194 g/mol. The molecule has 78 valence electrons. The molecule has 0 aliphatic rings. The number of nitrogens with zero attached hydrogens (tertiary/aromatic N) is 1. The van der Waals surface area contributed by atoms with Gasteiger partial charge >= 0.3 is 0 Å². The van der Waals surface area contributed by atoms with Gasteiger partial charge in [0.05, 0.1) is 0 Å². The molecule has 1 rings (SSSR count). The topological polar surface area (TPSA) is 34.1 Å². The summed E-state index contributed by atoms with van der Waals surface area (Å²) >= 11 is 0. The Labute approximate surface area is 85.5 Å². The van der Waals surface area contributed by atoms with Crippen LogP contribution in [0, 0.1) is 6.92 Å². The number of methoxy groups -OCH3 is 1. The molecule has 14 heavy (non-hydrogen) atoms. The fourth-order valence-electron chi connectivity index (χ4n) is 1.53. The van der Waals surface area contributed by atoms with Crippen LogP contribution < -0.4 is 5.32 Å². The van der Waals surface area contributed by atoms with E-state index in [1.807, 2.05) is 25.5 Å². The number of aryl methyl sites for hydroxylation is 1. The molecule has 0 aliphatic heterocycles. The molecule has 3 nitrogen and oxygen atoms in total. The zero-order chi connectivity index (χ0) is 10.4. The van der Waals surface area contributed by atoms with E-state index in [0.29, 0.717) is 6.04 Å². The van der Waals surface area contributed by atoms with E-state index in [2.05, 4.69) is 17.2 Å². The number of aromatic nitrogens is 1. The molecule has 3 heteroatoms. The normalized spacial score (nSPS) is 12.8. The Morgan fingerprint density at radius 3 is 2.93 bits per heavy atom. The molecule has 1 unspecified atom stereocenters. The van der Waals surface area contributed by atoms with Gasteiger partial charge in [-0.15, -0.1) is 0 Å². The number of ether oxygens (including phenoxy) is 1. The van der Waals surface area contributed by atoms with Gasteiger partial charge in [-0.25, -0.2) is 0 Å². The number of hydrogen-bond donors (Lipinski definition) is 1. The van der Waals surface area contributed by atoms with Crippen LogP contribution in [0.5, 0.6) is 0 Å². The van der Waals surface area contributed by atoms with Crippen molar-refractivity contribution in [3.8, 4) is 0 Å². The minimum Gasteiger partial charge on any atom is -0.385 e. The summed E-state index contributed by atoms with van der Waals surface area (Å²) in [5, 5.41) is 3.27. The molecule has 0 radical (unpaired) electrons. The molecule has 0 spiro atoms. The third kappa shape index (κ3) is 2.79. The summed E-state index contributed by atoms with van der Waals surface area (Å²) in [7, 11) is 3.69. The van der Waals surface area contributed by atoms with Crippen LogP contribution in [-0.2, 0) is 4.74 Å². The average molecular weight is 194 g/mol. The van der Waals surface area contributed by atoms with E-state index < -0.39 is 0 Å². The molecule has 1 aromatic heterocycles. The van der Waals surface area contributed by atoms with Crippen molar-refractivity contribution in [1.29, 1.82) is 0 Å². The van der Waals surface area contributed by atoms with Crippen molar-refractivity contribution in [2.75, 3.05) is 20.8 Å². The van der Waals surface area contributed by atoms with Gasteiger partial charge in [0.1, 0.15) is 0 Å². The predicted molar refractivity (Wildman–Crippen MR) is 57.3 cm³/mol. The summed E-state index contributed by atoms with van der Waals surface area (Å²) in [6.07, 6.45) is 4.72. The molecule has 0 saturated carbocycles. The van der Waals surface area contributed by atoms with E-state index in [1.54, 1.807) is 7.11 Å². The maximum absolute atomic E-state index is 5.08. The van der Waals surface area contributed by atoms with Crippen LogP contribution in [0.4, 0.5) is 0 Å². The van der Waals surface area contributed by atoms with Crippen molar-refractivity contribution in [1.82, 2.24) is 10.3 Å². The quantitative estimate of drug-likeness (QED) is 0.774. The average Bonchev–Trinajstić information content (AvgIpc) is 2.21. The molecule has 0 amide bonds. The number of hydrogen-bond acceptors (Lipinski definition) is 3. The summed E-state index contributed by atoms with van der Waals surface area (Å²) in [5.74, 6) is 0. The molecule has 1 atom stereocenters. The van der Waals surface area contributed by atoms with Gasteiger partial charge in [0.2, 0.25) is 0 Å². The first kappa shape index (κ1) is 11.1. The number of nitrogens with one attached hydrogen (secondary N) is 1. The molecule has 0 aliphatic carbocycles. The Morgan fingerprint density at radius 2 is 2.36 bits per heavy atom. The third-order valence-corrected chi connectivity index (χ3v) is 2.41. The molecule has 0 bridgehead atoms. The van der Waals surface area contributed by atoms with Gasteiger partial charge in [-0.3, -0.25) is 4.98 Å². The highest BCUT2D eigenvalue weighted by atomic mass is 16.5. The summed E-state index contributed by atoms with van der Waals surface area (Å²) < 4.78 is 5.08. The van der Waals surface area contributed by atoms with Gasteiger partial charge in [0.25, 0.3) is 0 Å². The van der Waals surface area contributed by atoms with Crippen LogP contribution in [0.25, 0.3) is 0 Å². The molecule has 0 saturated heterocycles. The molecular weight excluding hydrogens is 176 g/mol. The molecule has 1 heterocycles. The van der Waals surface area contributed by atoms with E-state index >= 15 is 0 Å². The predicted octanol–water partition coefficient (Wildman–Crippen LogP) is 1.69. The van der Waals surface area contributed by atoms with Gasteiger partial charge in [0, 0.05) is 32.2 Å². The summed E-state index contributed by atoms with van der Waals surface area (Å²) in [6, 6.07) is 2.37. The molecule has 1 N–H and O–H groups in total. The zero-order valence-corrected chi connectivity index (χ0v) is 9.08. The minimum atomic E-state index is 0.337. The van der Waals surface area contributed by atoms with Crippen molar-refractivity contribution < 1.29 is 4.74 Å². The van der Waals surface area contributed by atoms with Gasteiger partial charge in [0.15, 0.2) is 0 Å². The van der Waals surface area contributed by atoms with Crippen LogP contribution in [0.3, 0.4) is 0 Å². The summed E-state index contributed by atoms with van der Waals surface area (Å²) in [4.78, 5) is 4.14. The lowest BCUT2D eigenvalue weighted by molar-refractivity contribution is 0.184. The fraction of sp³-hybridized carbons (Fsp3) is 0.545. The second kappa shape index (κ2) is 5.73. The first-order valence-electron chi connectivity index (χ1n) is 4.86. The van der Waals surface area contributed by atoms with Crippen molar-refractivity contribution in [3.63, 3.8) is 0 Å². The minimum absolute atomic E-state index is 0.337. The first-order chi connectivity index (χ1) is 6.79.